The van der Waals surface area contributed by atoms with Crippen molar-refractivity contribution in [3.05, 3.63) is 59.7 Å². The van der Waals surface area contributed by atoms with E-state index in [1.54, 1.807) is 0 Å². The molecule has 1 saturated heterocycles. The summed E-state index contributed by atoms with van der Waals surface area (Å²) in [6.07, 6.45) is 6.41. The van der Waals surface area contributed by atoms with Gasteiger partial charge in [-0.1, -0.05) is 30.3 Å². The van der Waals surface area contributed by atoms with Crippen LogP contribution in [0.2, 0.25) is 0 Å². The summed E-state index contributed by atoms with van der Waals surface area (Å²) in [5, 5.41) is 3.60. The van der Waals surface area contributed by atoms with Crippen LogP contribution in [0.25, 0.3) is 0 Å². The average Bonchev–Trinajstić information content (AvgIpc) is 2.69. The molecule has 3 nitrogen and oxygen atoms in total. The Morgan fingerprint density at radius 2 is 1.81 bits per heavy atom. The van der Waals surface area contributed by atoms with Crippen LogP contribution in [0.3, 0.4) is 0 Å². The van der Waals surface area contributed by atoms with Gasteiger partial charge in [-0.3, -0.25) is 0 Å². The van der Waals surface area contributed by atoms with E-state index in [2.05, 4.69) is 72.6 Å². The molecule has 1 heterocycles. The zero-order chi connectivity index (χ0) is 18.9. The number of para-hydroxylation sites is 1. The van der Waals surface area contributed by atoms with Crippen molar-refractivity contribution in [3.8, 4) is 5.75 Å². The van der Waals surface area contributed by atoms with Crippen LogP contribution in [0.5, 0.6) is 5.75 Å². The third kappa shape index (κ3) is 6.28. The third-order valence-electron chi connectivity index (χ3n) is 5.10. The summed E-state index contributed by atoms with van der Waals surface area (Å²) in [7, 11) is 0. The Morgan fingerprint density at radius 3 is 2.63 bits per heavy atom. The van der Waals surface area contributed by atoms with Crippen molar-refractivity contribution in [2.24, 2.45) is 0 Å². The van der Waals surface area contributed by atoms with Crippen LogP contribution in [0, 0.1) is 0 Å². The summed E-state index contributed by atoms with van der Waals surface area (Å²) >= 11 is 0. The van der Waals surface area contributed by atoms with Crippen LogP contribution in [-0.4, -0.2) is 25.7 Å². The molecular weight excluding hydrogens is 332 g/mol. The molecule has 3 rings (SSSR count). The predicted molar refractivity (Wildman–Crippen MR) is 115 cm³/mol. The SMILES string of the molecule is CC(C)Oc1ccccc1CCCNCc1cccc(N2CCCCC2)c1. The second-order valence-electron chi connectivity index (χ2n) is 7.77. The van der Waals surface area contributed by atoms with Gasteiger partial charge < -0.3 is 15.0 Å². The van der Waals surface area contributed by atoms with E-state index in [0.717, 1.165) is 31.7 Å². The maximum Gasteiger partial charge on any atom is 0.122 e. The first-order valence-corrected chi connectivity index (χ1v) is 10.5. The number of benzene rings is 2. The largest absolute Gasteiger partial charge is 0.491 e. The lowest BCUT2D eigenvalue weighted by atomic mass is 10.1. The quantitative estimate of drug-likeness (QED) is 0.618. The first-order chi connectivity index (χ1) is 13.2. The Balaban J connectivity index is 1.43. The number of piperidine rings is 1. The predicted octanol–water partition coefficient (Wildman–Crippen LogP) is 5.19. The lowest BCUT2D eigenvalue weighted by molar-refractivity contribution is 0.240. The molecule has 0 radical (unpaired) electrons. The van der Waals surface area contributed by atoms with Crippen LogP contribution in [0.1, 0.15) is 50.7 Å². The monoisotopic (exact) mass is 366 g/mol. The maximum atomic E-state index is 5.92. The van der Waals surface area contributed by atoms with Gasteiger partial charge in [0.1, 0.15) is 5.75 Å². The van der Waals surface area contributed by atoms with E-state index in [0.29, 0.717) is 0 Å². The molecule has 0 aromatic heterocycles. The Morgan fingerprint density at radius 1 is 1.00 bits per heavy atom. The number of hydrogen-bond acceptors (Lipinski definition) is 3. The number of nitrogens with one attached hydrogen (secondary N) is 1. The topological polar surface area (TPSA) is 24.5 Å². The first kappa shape index (κ1) is 19.8. The smallest absolute Gasteiger partial charge is 0.122 e. The van der Waals surface area contributed by atoms with Gasteiger partial charge in [0, 0.05) is 25.3 Å². The van der Waals surface area contributed by atoms with Gasteiger partial charge in [-0.25, -0.2) is 0 Å². The molecule has 0 spiro atoms. The summed E-state index contributed by atoms with van der Waals surface area (Å²) in [5.41, 5.74) is 4.07. The number of aryl methyl sites for hydroxylation is 1. The van der Waals surface area contributed by atoms with Gasteiger partial charge in [0.25, 0.3) is 0 Å². The highest BCUT2D eigenvalue weighted by Crippen LogP contribution is 2.22. The van der Waals surface area contributed by atoms with E-state index in [1.807, 2.05) is 0 Å². The second-order valence-corrected chi connectivity index (χ2v) is 7.77. The van der Waals surface area contributed by atoms with Gasteiger partial charge in [0.15, 0.2) is 0 Å². The van der Waals surface area contributed by atoms with Gasteiger partial charge in [-0.2, -0.15) is 0 Å². The minimum atomic E-state index is 0.219. The lowest BCUT2D eigenvalue weighted by Gasteiger charge is -2.29. The highest BCUT2D eigenvalue weighted by atomic mass is 16.5. The number of anilines is 1. The van der Waals surface area contributed by atoms with Crippen LogP contribution in [0.4, 0.5) is 5.69 Å². The molecule has 0 atom stereocenters. The fourth-order valence-corrected chi connectivity index (χ4v) is 3.73. The van der Waals surface area contributed by atoms with Crippen molar-refractivity contribution in [3.63, 3.8) is 0 Å². The molecule has 2 aromatic rings. The van der Waals surface area contributed by atoms with E-state index in [4.69, 9.17) is 4.74 Å². The molecule has 27 heavy (non-hydrogen) atoms. The summed E-state index contributed by atoms with van der Waals surface area (Å²) < 4.78 is 5.92. The van der Waals surface area contributed by atoms with E-state index in [9.17, 15) is 0 Å². The highest BCUT2D eigenvalue weighted by molar-refractivity contribution is 5.48. The Labute approximate surface area is 164 Å². The molecule has 1 fully saturated rings. The van der Waals surface area contributed by atoms with Gasteiger partial charge >= 0.3 is 0 Å². The van der Waals surface area contributed by atoms with Crippen molar-refractivity contribution in [1.29, 1.82) is 0 Å². The fraction of sp³-hybridized carbons (Fsp3) is 0.500. The van der Waals surface area contributed by atoms with Crippen molar-refractivity contribution < 1.29 is 4.74 Å². The number of rotatable bonds is 9. The number of nitrogens with zero attached hydrogens (tertiary/aromatic N) is 1. The van der Waals surface area contributed by atoms with Gasteiger partial charge in [0.05, 0.1) is 6.10 Å². The van der Waals surface area contributed by atoms with Crippen LogP contribution in [0.15, 0.2) is 48.5 Å². The summed E-state index contributed by atoms with van der Waals surface area (Å²) in [4.78, 5) is 2.53. The molecule has 146 valence electrons. The molecule has 0 aliphatic carbocycles. The molecule has 3 heteroatoms. The van der Waals surface area contributed by atoms with E-state index < -0.39 is 0 Å². The molecular formula is C24H34N2O. The Hall–Kier alpha value is -2.00. The highest BCUT2D eigenvalue weighted by Gasteiger charge is 2.11. The summed E-state index contributed by atoms with van der Waals surface area (Å²) in [6.45, 7) is 8.52. The molecule has 0 amide bonds. The van der Waals surface area contributed by atoms with Crippen molar-refractivity contribution in [2.75, 3.05) is 24.5 Å². The first-order valence-electron chi connectivity index (χ1n) is 10.5. The van der Waals surface area contributed by atoms with Gasteiger partial charge in [-0.15, -0.1) is 0 Å². The van der Waals surface area contributed by atoms with E-state index in [1.165, 1.54) is 49.2 Å². The summed E-state index contributed by atoms with van der Waals surface area (Å²) in [6, 6.07) is 17.4. The molecule has 1 aliphatic rings. The van der Waals surface area contributed by atoms with Crippen molar-refractivity contribution >= 4 is 5.69 Å². The average molecular weight is 367 g/mol. The standard InChI is InChI=1S/C24H34N2O/c1-20(2)27-24-14-5-4-11-22(24)12-9-15-25-19-21-10-8-13-23(18-21)26-16-6-3-7-17-26/h4-5,8,10-11,13-14,18,20,25H,3,6-7,9,12,15-17,19H2,1-2H3. The van der Waals surface area contributed by atoms with E-state index in [-0.39, 0.29) is 6.10 Å². The zero-order valence-corrected chi connectivity index (χ0v) is 16.9. The lowest BCUT2D eigenvalue weighted by Crippen LogP contribution is -2.29. The van der Waals surface area contributed by atoms with Crippen LogP contribution < -0.4 is 15.0 Å². The summed E-state index contributed by atoms with van der Waals surface area (Å²) in [5.74, 6) is 1.03. The second kappa shape index (κ2) is 10.4. The van der Waals surface area contributed by atoms with Crippen molar-refractivity contribution in [2.45, 2.75) is 58.6 Å². The molecule has 0 saturated carbocycles. The van der Waals surface area contributed by atoms with Gasteiger partial charge in [0.2, 0.25) is 0 Å². The third-order valence-corrected chi connectivity index (χ3v) is 5.10. The van der Waals surface area contributed by atoms with Crippen LogP contribution >= 0.6 is 0 Å². The zero-order valence-electron chi connectivity index (χ0n) is 16.9. The van der Waals surface area contributed by atoms with Crippen LogP contribution in [-0.2, 0) is 13.0 Å². The maximum absolute atomic E-state index is 5.92. The normalized spacial score (nSPS) is 14.6. The fourth-order valence-electron chi connectivity index (χ4n) is 3.73. The van der Waals surface area contributed by atoms with Gasteiger partial charge in [-0.05, 0) is 81.8 Å². The van der Waals surface area contributed by atoms with E-state index >= 15 is 0 Å². The molecule has 0 unspecified atom stereocenters. The Kier molecular flexibility index (Phi) is 7.58. The minimum Gasteiger partial charge on any atom is -0.491 e. The Bertz CT molecular complexity index is 692. The number of hydrogen-bond donors (Lipinski definition) is 1. The molecule has 1 aliphatic heterocycles. The minimum absolute atomic E-state index is 0.219. The van der Waals surface area contributed by atoms with Crippen molar-refractivity contribution in [1.82, 2.24) is 5.32 Å². The molecule has 1 N–H and O–H groups in total. The molecule has 2 aromatic carbocycles. The molecule has 0 bridgehead atoms. The number of ether oxygens (including phenoxy) is 1.